The number of fused-ring (bicyclic) bond motifs is 1. The summed E-state index contributed by atoms with van der Waals surface area (Å²) in [5.74, 6) is -1.23. The smallest absolute Gasteiger partial charge is 0.341 e. The number of morpholine rings is 1. The van der Waals surface area contributed by atoms with E-state index < -0.39 is 22.4 Å². The molecule has 0 aromatic heterocycles. The predicted molar refractivity (Wildman–Crippen MR) is 41.8 cm³/mol. The van der Waals surface area contributed by atoms with E-state index >= 15 is 0 Å². The Morgan fingerprint density at radius 1 is 1.54 bits per heavy atom. The van der Waals surface area contributed by atoms with Crippen LogP contribution in [-0.2, 0) is 23.5 Å². The highest BCUT2D eigenvalue weighted by Gasteiger charge is 2.54. The molecule has 2 aliphatic heterocycles. The van der Waals surface area contributed by atoms with Gasteiger partial charge in [0.2, 0.25) is 5.79 Å². The molecule has 3 unspecified atom stereocenters. The summed E-state index contributed by atoms with van der Waals surface area (Å²) in [5, 5.41) is 2.88. The molecule has 0 spiro atoms. The third-order valence-corrected chi connectivity index (χ3v) is 2.95. The van der Waals surface area contributed by atoms with E-state index in [1.165, 1.54) is 6.92 Å². The Morgan fingerprint density at radius 3 is 2.92 bits per heavy atom. The topological polar surface area (TPSA) is 73.9 Å². The fourth-order valence-corrected chi connectivity index (χ4v) is 2.54. The molecule has 0 aromatic rings. The average Bonchev–Trinajstić information content (AvgIpc) is 2.16. The van der Waals surface area contributed by atoms with Gasteiger partial charge in [0.15, 0.2) is 6.23 Å². The van der Waals surface area contributed by atoms with Crippen molar-refractivity contribution >= 4 is 10.4 Å². The summed E-state index contributed by atoms with van der Waals surface area (Å²) in [6.07, 6.45) is -0.841. The molecule has 0 radical (unpaired) electrons. The van der Waals surface area contributed by atoms with Gasteiger partial charge < -0.3 is 4.74 Å². The van der Waals surface area contributed by atoms with Gasteiger partial charge in [-0.05, 0) is 13.8 Å². The molecule has 3 atom stereocenters. The van der Waals surface area contributed by atoms with Gasteiger partial charge in [0.05, 0.1) is 6.10 Å². The van der Waals surface area contributed by atoms with Crippen molar-refractivity contribution in [1.82, 2.24) is 5.32 Å². The van der Waals surface area contributed by atoms with Gasteiger partial charge in [0, 0.05) is 6.54 Å². The molecule has 2 saturated heterocycles. The van der Waals surface area contributed by atoms with Crippen LogP contribution in [0, 0.1) is 0 Å². The zero-order valence-corrected chi connectivity index (χ0v) is 8.13. The maximum absolute atomic E-state index is 10.9. The third kappa shape index (κ3) is 1.57. The molecule has 2 fully saturated rings. The fourth-order valence-electron chi connectivity index (χ4n) is 1.49. The van der Waals surface area contributed by atoms with Crippen LogP contribution in [0.25, 0.3) is 0 Å². The number of nitrogens with one attached hydrogen (secondary N) is 1. The molecule has 76 valence electrons. The monoisotopic (exact) mass is 209 g/mol. The molecular formula is C6H11NO5S. The Morgan fingerprint density at radius 2 is 2.23 bits per heavy atom. The van der Waals surface area contributed by atoms with Crippen molar-refractivity contribution in [1.29, 1.82) is 0 Å². The molecule has 2 heterocycles. The van der Waals surface area contributed by atoms with Crippen LogP contribution in [-0.4, -0.2) is 33.1 Å². The molecule has 0 aliphatic carbocycles. The Bertz CT molecular complexity index is 315. The minimum atomic E-state index is -3.90. The van der Waals surface area contributed by atoms with E-state index in [0.29, 0.717) is 6.54 Å². The number of rotatable bonds is 0. The second-order valence-electron chi connectivity index (χ2n) is 3.32. The maximum Gasteiger partial charge on any atom is 0.404 e. The van der Waals surface area contributed by atoms with Crippen LogP contribution in [0.5, 0.6) is 0 Å². The molecule has 2 rings (SSSR count). The lowest BCUT2D eigenvalue weighted by atomic mass is 10.2. The van der Waals surface area contributed by atoms with Crippen molar-refractivity contribution in [2.45, 2.75) is 32.0 Å². The fraction of sp³-hybridized carbons (Fsp3) is 1.00. The van der Waals surface area contributed by atoms with Crippen LogP contribution in [0.3, 0.4) is 0 Å². The summed E-state index contributed by atoms with van der Waals surface area (Å²) in [7, 11) is -3.90. The normalized spacial score (nSPS) is 48.8. The summed E-state index contributed by atoms with van der Waals surface area (Å²) in [6, 6.07) is 0. The van der Waals surface area contributed by atoms with Gasteiger partial charge in [-0.2, -0.15) is 8.42 Å². The molecule has 0 bridgehead atoms. The summed E-state index contributed by atoms with van der Waals surface area (Å²) in [5.41, 5.74) is 0. The quantitative estimate of drug-likeness (QED) is 0.570. The standard InChI is InChI=1S/C6H11NO5S/c1-4-3-7-5-6(2,10-4)12-13(8,9)11-5/h4-5,7H,3H2,1-2H3. The van der Waals surface area contributed by atoms with Crippen molar-refractivity contribution in [2.24, 2.45) is 0 Å². The van der Waals surface area contributed by atoms with Gasteiger partial charge in [-0.3, -0.25) is 5.32 Å². The zero-order valence-electron chi connectivity index (χ0n) is 7.31. The van der Waals surface area contributed by atoms with Crippen molar-refractivity contribution in [2.75, 3.05) is 6.54 Å². The lowest BCUT2D eigenvalue weighted by molar-refractivity contribution is -0.237. The first kappa shape index (κ1) is 9.35. The Hall–Kier alpha value is -0.210. The first-order chi connectivity index (χ1) is 5.91. The van der Waals surface area contributed by atoms with E-state index in [9.17, 15) is 8.42 Å². The van der Waals surface area contributed by atoms with Gasteiger partial charge >= 0.3 is 10.4 Å². The van der Waals surface area contributed by atoms with E-state index in [-0.39, 0.29) is 6.10 Å². The lowest BCUT2D eigenvalue weighted by Gasteiger charge is -2.35. The highest BCUT2D eigenvalue weighted by atomic mass is 32.3. The summed E-state index contributed by atoms with van der Waals surface area (Å²) >= 11 is 0. The first-order valence-electron chi connectivity index (χ1n) is 3.96. The molecule has 0 aromatic carbocycles. The van der Waals surface area contributed by atoms with E-state index in [1.54, 1.807) is 0 Å². The highest BCUT2D eigenvalue weighted by molar-refractivity contribution is 7.82. The second kappa shape index (κ2) is 2.64. The average molecular weight is 209 g/mol. The summed E-state index contributed by atoms with van der Waals surface area (Å²) < 4.78 is 36.5. The molecule has 2 aliphatic rings. The molecule has 0 amide bonds. The van der Waals surface area contributed by atoms with Crippen LogP contribution in [0.1, 0.15) is 13.8 Å². The van der Waals surface area contributed by atoms with E-state index in [2.05, 4.69) is 13.7 Å². The van der Waals surface area contributed by atoms with Crippen LogP contribution in [0.4, 0.5) is 0 Å². The predicted octanol–water partition coefficient (Wildman–Crippen LogP) is -0.671. The van der Waals surface area contributed by atoms with Gasteiger partial charge in [0.25, 0.3) is 0 Å². The van der Waals surface area contributed by atoms with Gasteiger partial charge in [0.1, 0.15) is 0 Å². The largest absolute Gasteiger partial charge is 0.404 e. The van der Waals surface area contributed by atoms with Gasteiger partial charge in [-0.25, -0.2) is 8.37 Å². The number of ether oxygens (including phenoxy) is 1. The van der Waals surface area contributed by atoms with Gasteiger partial charge in [-0.1, -0.05) is 0 Å². The summed E-state index contributed by atoms with van der Waals surface area (Å²) in [4.78, 5) is 0. The Labute approximate surface area is 76.5 Å². The molecule has 6 nitrogen and oxygen atoms in total. The Kier molecular flexibility index (Phi) is 1.90. The minimum Gasteiger partial charge on any atom is -0.341 e. The van der Waals surface area contributed by atoms with E-state index in [0.717, 1.165) is 0 Å². The molecule has 0 saturated carbocycles. The van der Waals surface area contributed by atoms with Crippen molar-refractivity contribution in [3.05, 3.63) is 0 Å². The van der Waals surface area contributed by atoms with Crippen LogP contribution in [0.2, 0.25) is 0 Å². The molecule has 1 N–H and O–H groups in total. The van der Waals surface area contributed by atoms with E-state index in [1.807, 2.05) is 6.92 Å². The maximum atomic E-state index is 10.9. The highest BCUT2D eigenvalue weighted by Crippen LogP contribution is 2.33. The molecular weight excluding hydrogens is 198 g/mol. The molecule has 7 heteroatoms. The van der Waals surface area contributed by atoms with Crippen LogP contribution < -0.4 is 5.32 Å². The number of hydrogen-bond acceptors (Lipinski definition) is 6. The number of hydrogen-bond donors (Lipinski definition) is 1. The molecule has 13 heavy (non-hydrogen) atoms. The minimum absolute atomic E-state index is 0.0989. The Balaban J connectivity index is 2.26. The second-order valence-corrected chi connectivity index (χ2v) is 4.50. The van der Waals surface area contributed by atoms with Crippen molar-refractivity contribution in [3.8, 4) is 0 Å². The lowest BCUT2D eigenvalue weighted by Crippen LogP contribution is -2.57. The van der Waals surface area contributed by atoms with Gasteiger partial charge in [-0.15, -0.1) is 0 Å². The zero-order chi connectivity index (χ0) is 9.69. The van der Waals surface area contributed by atoms with E-state index in [4.69, 9.17) is 4.74 Å². The van der Waals surface area contributed by atoms with Crippen molar-refractivity contribution in [3.63, 3.8) is 0 Å². The summed E-state index contributed by atoms with van der Waals surface area (Å²) in [6.45, 7) is 3.90. The first-order valence-corrected chi connectivity index (χ1v) is 5.30. The third-order valence-electron chi connectivity index (χ3n) is 1.98. The van der Waals surface area contributed by atoms with Crippen LogP contribution in [0.15, 0.2) is 0 Å². The van der Waals surface area contributed by atoms with Crippen molar-refractivity contribution < 1.29 is 21.5 Å². The SMILES string of the molecule is CC1CNC2OS(=O)(=O)OC2(C)O1. The van der Waals surface area contributed by atoms with Crippen LogP contribution >= 0.6 is 0 Å².